The average Bonchev–Trinajstić information content (AvgIpc) is 2.70. The Bertz CT molecular complexity index is 963. The summed E-state index contributed by atoms with van der Waals surface area (Å²) in [6.45, 7) is 0.475. The summed E-state index contributed by atoms with van der Waals surface area (Å²) in [5, 5.41) is 5.06. The SMILES string of the molecule is Cc1ccc(Cl)c(NC(=O)COC(=O)CNC(=O)c2ccc(C(F)(F)F)cc2)c1Cl. The van der Waals surface area contributed by atoms with Crippen LogP contribution in [0.1, 0.15) is 21.5 Å². The zero-order valence-corrected chi connectivity index (χ0v) is 16.9. The largest absolute Gasteiger partial charge is 0.454 e. The molecule has 2 aromatic carbocycles. The van der Waals surface area contributed by atoms with Crippen LogP contribution in [0.4, 0.5) is 18.9 Å². The summed E-state index contributed by atoms with van der Waals surface area (Å²) >= 11 is 12.0. The van der Waals surface area contributed by atoms with Crippen LogP contribution in [0.25, 0.3) is 0 Å². The smallest absolute Gasteiger partial charge is 0.416 e. The Morgan fingerprint density at radius 1 is 1.03 bits per heavy atom. The van der Waals surface area contributed by atoms with E-state index < -0.39 is 42.7 Å². The van der Waals surface area contributed by atoms with Crippen LogP contribution in [-0.2, 0) is 20.5 Å². The molecule has 0 unspecified atom stereocenters. The molecule has 2 rings (SSSR count). The van der Waals surface area contributed by atoms with E-state index in [1.807, 2.05) is 0 Å². The van der Waals surface area contributed by atoms with Crippen molar-refractivity contribution in [2.24, 2.45) is 0 Å². The number of aryl methyl sites for hydroxylation is 1. The van der Waals surface area contributed by atoms with E-state index in [-0.39, 0.29) is 21.3 Å². The highest BCUT2D eigenvalue weighted by molar-refractivity contribution is 6.40. The highest BCUT2D eigenvalue weighted by Gasteiger charge is 2.30. The molecular formula is C19H15Cl2F3N2O4. The van der Waals surface area contributed by atoms with Crippen molar-refractivity contribution < 1.29 is 32.3 Å². The van der Waals surface area contributed by atoms with Crippen LogP contribution in [0, 0.1) is 6.92 Å². The van der Waals surface area contributed by atoms with Crippen LogP contribution in [0.15, 0.2) is 36.4 Å². The van der Waals surface area contributed by atoms with E-state index in [2.05, 4.69) is 10.6 Å². The summed E-state index contributed by atoms with van der Waals surface area (Å²) in [5.74, 6) is -2.40. The Hall–Kier alpha value is -2.78. The number of hydrogen-bond donors (Lipinski definition) is 2. The monoisotopic (exact) mass is 462 g/mol. The Kier molecular flexibility index (Phi) is 7.69. The molecule has 0 spiro atoms. The first-order valence-electron chi connectivity index (χ1n) is 8.34. The number of alkyl halides is 3. The Balaban J connectivity index is 1.81. The van der Waals surface area contributed by atoms with Crippen molar-refractivity contribution in [2.75, 3.05) is 18.5 Å². The van der Waals surface area contributed by atoms with Gasteiger partial charge in [0.2, 0.25) is 0 Å². The van der Waals surface area contributed by atoms with Crippen LogP contribution in [0.5, 0.6) is 0 Å². The van der Waals surface area contributed by atoms with Crippen LogP contribution in [-0.4, -0.2) is 30.9 Å². The highest BCUT2D eigenvalue weighted by atomic mass is 35.5. The lowest BCUT2D eigenvalue weighted by Crippen LogP contribution is -2.32. The Morgan fingerprint density at radius 3 is 2.27 bits per heavy atom. The molecular weight excluding hydrogens is 448 g/mol. The van der Waals surface area contributed by atoms with Gasteiger partial charge in [-0.25, -0.2) is 0 Å². The van der Waals surface area contributed by atoms with Crippen molar-refractivity contribution in [3.8, 4) is 0 Å². The number of amides is 2. The molecule has 2 aromatic rings. The van der Waals surface area contributed by atoms with Crippen molar-refractivity contribution in [1.82, 2.24) is 5.32 Å². The lowest BCUT2D eigenvalue weighted by Gasteiger charge is -2.11. The molecule has 0 saturated carbocycles. The van der Waals surface area contributed by atoms with Gasteiger partial charge < -0.3 is 15.4 Å². The number of carbonyl (C=O) groups is 3. The van der Waals surface area contributed by atoms with Crippen molar-refractivity contribution >= 4 is 46.7 Å². The molecule has 0 fully saturated rings. The van der Waals surface area contributed by atoms with Crippen molar-refractivity contribution in [2.45, 2.75) is 13.1 Å². The summed E-state index contributed by atoms with van der Waals surface area (Å²) in [6, 6.07) is 6.66. The van der Waals surface area contributed by atoms with Gasteiger partial charge in [-0.05, 0) is 42.8 Å². The quantitative estimate of drug-likeness (QED) is 0.629. The number of rotatable bonds is 6. The number of nitrogens with one attached hydrogen (secondary N) is 2. The van der Waals surface area contributed by atoms with Crippen LogP contribution in [0.2, 0.25) is 10.0 Å². The molecule has 0 heterocycles. The second-order valence-corrected chi connectivity index (χ2v) is 6.81. The van der Waals surface area contributed by atoms with Crippen LogP contribution < -0.4 is 10.6 Å². The number of esters is 1. The van der Waals surface area contributed by atoms with Gasteiger partial charge in [0.15, 0.2) is 6.61 Å². The fourth-order valence-corrected chi connectivity index (χ4v) is 2.67. The molecule has 0 aliphatic carbocycles. The molecule has 2 N–H and O–H groups in total. The maximum absolute atomic E-state index is 12.5. The highest BCUT2D eigenvalue weighted by Crippen LogP contribution is 2.32. The van der Waals surface area contributed by atoms with Gasteiger partial charge in [-0.1, -0.05) is 29.3 Å². The first-order valence-corrected chi connectivity index (χ1v) is 9.10. The zero-order chi connectivity index (χ0) is 22.5. The maximum atomic E-state index is 12.5. The number of hydrogen-bond acceptors (Lipinski definition) is 4. The molecule has 0 saturated heterocycles. The fraction of sp³-hybridized carbons (Fsp3) is 0.211. The second-order valence-electron chi connectivity index (χ2n) is 6.02. The van der Waals surface area contributed by atoms with Crippen molar-refractivity contribution in [1.29, 1.82) is 0 Å². The molecule has 0 aromatic heterocycles. The predicted molar refractivity (Wildman–Crippen MR) is 105 cm³/mol. The molecule has 6 nitrogen and oxygen atoms in total. The van der Waals surface area contributed by atoms with E-state index in [4.69, 9.17) is 27.9 Å². The summed E-state index contributed by atoms with van der Waals surface area (Å²) in [4.78, 5) is 35.5. The van der Waals surface area contributed by atoms with Gasteiger partial charge in [0.25, 0.3) is 11.8 Å². The first-order chi connectivity index (χ1) is 14.0. The molecule has 2 amide bonds. The Labute approximate surface area is 179 Å². The summed E-state index contributed by atoms with van der Waals surface area (Å²) in [7, 11) is 0. The van der Waals surface area contributed by atoms with Crippen molar-refractivity contribution in [3.05, 3.63) is 63.1 Å². The molecule has 0 aliphatic heterocycles. The van der Waals surface area contributed by atoms with Gasteiger partial charge in [0.1, 0.15) is 6.54 Å². The zero-order valence-electron chi connectivity index (χ0n) is 15.4. The van der Waals surface area contributed by atoms with Gasteiger partial charge in [-0.2, -0.15) is 13.2 Å². The third kappa shape index (κ3) is 6.36. The number of halogens is 5. The molecule has 30 heavy (non-hydrogen) atoms. The lowest BCUT2D eigenvalue weighted by molar-refractivity contribution is -0.146. The number of benzene rings is 2. The van der Waals surface area contributed by atoms with Crippen LogP contribution >= 0.6 is 23.2 Å². The van der Waals surface area contributed by atoms with Gasteiger partial charge in [-0.3, -0.25) is 14.4 Å². The third-order valence-electron chi connectivity index (χ3n) is 3.78. The van der Waals surface area contributed by atoms with Gasteiger partial charge in [-0.15, -0.1) is 0 Å². The minimum Gasteiger partial charge on any atom is -0.454 e. The number of ether oxygens (including phenoxy) is 1. The summed E-state index contributed by atoms with van der Waals surface area (Å²) in [5.41, 5.74) is -0.120. The standard InChI is InChI=1S/C19H15Cl2F3N2O4/c1-10-2-7-13(20)17(16(10)21)26-14(27)9-30-15(28)8-25-18(29)11-3-5-12(6-4-11)19(22,23)24/h2-7H,8-9H2,1H3,(H,25,29)(H,26,27). The van der Waals surface area contributed by atoms with E-state index in [0.717, 1.165) is 24.3 Å². The summed E-state index contributed by atoms with van der Waals surface area (Å²) < 4.78 is 42.3. The minimum atomic E-state index is -4.52. The van der Waals surface area contributed by atoms with Crippen molar-refractivity contribution in [3.63, 3.8) is 0 Å². The predicted octanol–water partition coefficient (Wildman–Crippen LogP) is 4.23. The van der Waals surface area contributed by atoms with E-state index in [9.17, 15) is 27.6 Å². The minimum absolute atomic E-state index is 0.0720. The van der Waals surface area contributed by atoms with Crippen LogP contribution in [0.3, 0.4) is 0 Å². The number of anilines is 1. The van der Waals surface area contributed by atoms with Gasteiger partial charge in [0.05, 0.1) is 21.3 Å². The topological polar surface area (TPSA) is 84.5 Å². The molecule has 0 aliphatic rings. The molecule has 0 atom stereocenters. The average molecular weight is 463 g/mol. The van der Waals surface area contributed by atoms with Gasteiger partial charge in [0, 0.05) is 5.56 Å². The molecule has 160 valence electrons. The number of carbonyl (C=O) groups excluding carboxylic acids is 3. The third-order valence-corrected chi connectivity index (χ3v) is 4.58. The molecule has 0 radical (unpaired) electrons. The molecule has 11 heteroatoms. The fourth-order valence-electron chi connectivity index (χ4n) is 2.21. The first kappa shape index (κ1) is 23.5. The van der Waals surface area contributed by atoms with E-state index in [1.54, 1.807) is 19.1 Å². The maximum Gasteiger partial charge on any atom is 0.416 e. The normalized spacial score (nSPS) is 11.0. The van der Waals surface area contributed by atoms with Gasteiger partial charge >= 0.3 is 12.1 Å². The Morgan fingerprint density at radius 2 is 1.67 bits per heavy atom. The van der Waals surface area contributed by atoms with E-state index >= 15 is 0 Å². The van der Waals surface area contributed by atoms with E-state index in [1.165, 1.54) is 0 Å². The summed E-state index contributed by atoms with van der Waals surface area (Å²) in [6.07, 6.45) is -4.52. The molecule has 0 bridgehead atoms. The van der Waals surface area contributed by atoms with E-state index in [0.29, 0.717) is 5.56 Å². The lowest BCUT2D eigenvalue weighted by atomic mass is 10.1. The second kappa shape index (κ2) is 9.82.